The first-order chi connectivity index (χ1) is 19.0. The van der Waals surface area contributed by atoms with Gasteiger partial charge in [-0.2, -0.15) is 0 Å². The minimum absolute atomic E-state index is 0.257. The highest BCUT2D eigenvalue weighted by molar-refractivity contribution is 5.90. The second-order valence-corrected chi connectivity index (χ2v) is 18.3. The van der Waals surface area contributed by atoms with E-state index in [1.165, 1.54) is 6.92 Å². The lowest BCUT2D eigenvalue weighted by Crippen LogP contribution is -2.78. The van der Waals surface area contributed by atoms with E-state index in [1.807, 2.05) is 83.1 Å². The molecule has 3 fully saturated rings. The maximum Gasteiger partial charge on any atom is 0.0495 e. The van der Waals surface area contributed by atoms with Gasteiger partial charge in [-0.3, -0.25) is 0 Å². The van der Waals surface area contributed by atoms with Crippen LogP contribution in [0.25, 0.3) is 0 Å². The molecule has 3 saturated heterocycles. The Morgan fingerprint density at radius 2 is 0.791 bits per heavy atom. The van der Waals surface area contributed by atoms with E-state index in [9.17, 15) is 29.7 Å². The van der Waals surface area contributed by atoms with Gasteiger partial charge in [0.15, 0.2) is 0 Å². The molecular weight excluding hydrogens is 546 g/mol. The van der Waals surface area contributed by atoms with Gasteiger partial charge in [-0.25, -0.2) is 0 Å². The Labute approximate surface area is 259 Å². The zero-order chi connectivity index (χ0) is 33.4. The lowest BCUT2D eigenvalue weighted by Gasteiger charge is -2.70. The molecule has 0 amide bonds. The largest absolute Gasteiger partial charge is 0.550 e. The molecule has 3 rings (SSSR count). The molecule has 0 aromatic heterocycles. The molecule has 3 aliphatic rings. The highest BCUT2D eigenvalue weighted by Gasteiger charge is 2.70. The quantitative estimate of drug-likeness (QED) is 0.374. The zero-order valence-electron chi connectivity index (χ0n) is 29.0. The summed E-state index contributed by atoms with van der Waals surface area (Å²) in [6, 6.07) is 0. The van der Waals surface area contributed by atoms with Gasteiger partial charge in [0, 0.05) is 67.9 Å². The summed E-state index contributed by atoms with van der Waals surface area (Å²) in [4.78, 5) is 41.8. The molecule has 0 saturated carbocycles. The van der Waals surface area contributed by atoms with Crippen LogP contribution in [-0.2, 0) is 14.4 Å². The first-order valence-electron chi connectivity index (χ1n) is 16.1. The molecule has 0 radical (unpaired) electrons. The lowest BCUT2D eigenvalue weighted by molar-refractivity contribution is -0.373. The van der Waals surface area contributed by atoms with Crippen LogP contribution in [0.2, 0.25) is 0 Å². The fraction of sp³-hybridized carbons (Fsp3) is 0.912. The van der Waals surface area contributed by atoms with Crippen molar-refractivity contribution in [2.24, 2.45) is 34.5 Å². The van der Waals surface area contributed by atoms with Crippen LogP contribution in [0.5, 0.6) is 0 Å². The molecule has 9 heteroatoms. The monoisotopic (exact) mass is 604 g/mol. The average Bonchev–Trinajstić information content (AvgIpc) is 2.69. The van der Waals surface area contributed by atoms with Gasteiger partial charge in [-0.05, 0) is 139 Å². The summed E-state index contributed by atoms with van der Waals surface area (Å²) in [5.41, 5.74) is -7.84. The third-order valence-corrected chi connectivity index (χ3v) is 10.9. The van der Waals surface area contributed by atoms with Crippen molar-refractivity contribution >= 4 is 17.9 Å². The first-order valence-corrected chi connectivity index (χ1v) is 16.1. The molecule has 2 unspecified atom stereocenters. The lowest BCUT2D eigenvalue weighted by atomic mass is 9.38. The number of carboxylic acid groups (broad SMARTS) is 3. The normalized spacial score (nSPS) is 29.2. The van der Waals surface area contributed by atoms with Gasteiger partial charge in [0.1, 0.15) is 0 Å². The molecule has 0 aliphatic carbocycles. The number of carbonyl (C=O) groups is 3. The van der Waals surface area contributed by atoms with E-state index in [-0.39, 0.29) is 12.8 Å². The third kappa shape index (κ3) is 6.51. The van der Waals surface area contributed by atoms with Crippen molar-refractivity contribution in [2.45, 2.75) is 162 Å². The number of nitrogens with one attached hydrogen (secondary N) is 3. The van der Waals surface area contributed by atoms with Crippen LogP contribution in [0.4, 0.5) is 0 Å². The number of aliphatic carboxylic acids is 3. The highest BCUT2D eigenvalue weighted by Crippen LogP contribution is 2.67. The molecule has 0 aromatic carbocycles. The third-order valence-electron chi connectivity index (χ3n) is 10.9. The number of rotatable bonds is 8. The Morgan fingerprint density at radius 3 is 1.00 bits per heavy atom. The van der Waals surface area contributed by atoms with E-state index in [0.29, 0.717) is 25.7 Å². The maximum atomic E-state index is 14.4. The van der Waals surface area contributed by atoms with Crippen molar-refractivity contribution < 1.29 is 29.7 Å². The van der Waals surface area contributed by atoms with Crippen LogP contribution in [0, 0.1) is 34.5 Å². The minimum atomic E-state index is -2.33. The molecule has 9 nitrogen and oxygen atoms in total. The standard InChI is InChI=1S/C34H61N3O6/c1-20(24(38)39)33(25(40)41,21-14-27(2,3)35-28(4,5)15-21)34(26(42)43,22-16-29(6,7)36-30(8,9)17-22)23-18-31(10,11)37-32(12,13)19-23/h20-23,35-37H,14-19H2,1-13H3,(H,38,39)(H,40,41)(H,42,43)/p-3. The molecule has 43 heavy (non-hydrogen) atoms. The second kappa shape index (κ2) is 10.7. The van der Waals surface area contributed by atoms with Gasteiger partial charge < -0.3 is 45.7 Å². The minimum Gasteiger partial charge on any atom is -0.550 e. The summed E-state index contributed by atoms with van der Waals surface area (Å²) in [7, 11) is 0. The highest BCUT2D eigenvalue weighted by atomic mass is 16.4. The Kier molecular flexibility index (Phi) is 8.89. The van der Waals surface area contributed by atoms with E-state index in [2.05, 4.69) is 16.0 Å². The average molecular weight is 605 g/mol. The molecule has 0 spiro atoms. The zero-order valence-corrected chi connectivity index (χ0v) is 29.0. The molecular formula is C34H58N3O6-3. The first kappa shape index (κ1) is 35.8. The van der Waals surface area contributed by atoms with E-state index < -0.39 is 85.6 Å². The number of hydrogen-bond donors (Lipinski definition) is 3. The van der Waals surface area contributed by atoms with Crippen molar-refractivity contribution in [3.8, 4) is 0 Å². The van der Waals surface area contributed by atoms with Crippen molar-refractivity contribution in [3.05, 3.63) is 0 Å². The summed E-state index contributed by atoms with van der Waals surface area (Å²) >= 11 is 0. The molecule has 0 bridgehead atoms. The molecule has 0 aromatic rings. The van der Waals surface area contributed by atoms with E-state index >= 15 is 0 Å². The summed E-state index contributed by atoms with van der Waals surface area (Å²) in [5, 5.41) is 52.6. The predicted octanol–water partition coefficient (Wildman–Crippen LogP) is 1.52. The van der Waals surface area contributed by atoms with Crippen molar-refractivity contribution in [2.75, 3.05) is 0 Å². The second-order valence-electron chi connectivity index (χ2n) is 18.3. The van der Waals surface area contributed by atoms with Crippen molar-refractivity contribution in [3.63, 3.8) is 0 Å². The summed E-state index contributed by atoms with van der Waals surface area (Å²) < 4.78 is 0. The van der Waals surface area contributed by atoms with Crippen LogP contribution in [0.3, 0.4) is 0 Å². The SMILES string of the molecule is CC(C(=O)[O-])C(C(=O)[O-])(C1CC(C)(C)NC(C)(C)C1)C(C(=O)[O-])(C1CC(C)(C)NC(C)(C)C1)C1CC(C)(C)NC(C)(C)C1. The molecule has 3 N–H and O–H groups in total. The van der Waals surface area contributed by atoms with Gasteiger partial charge >= 0.3 is 0 Å². The Bertz CT molecular complexity index is 1040. The summed E-state index contributed by atoms with van der Waals surface area (Å²) in [5.74, 6) is -8.65. The molecule has 3 aliphatic heterocycles. The van der Waals surface area contributed by atoms with Crippen molar-refractivity contribution in [1.29, 1.82) is 0 Å². The predicted molar refractivity (Wildman–Crippen MR) is 161 cm³/mol. The number of hydrogen-bond acceptors (Lipinski definition) is 9. The Balaban J connectivity index is 2.59. The van der Waals surface area contributed by atoms with E-state index in [0.717, 1.165) is 0 Å². The topological polar surface area (TPSA) is 156 Å². The number of piperidine rings is 3. The Hall–Kier alpha value is -1.71. The van der Waals surface area contributed by atoms with Crippen molar-refractivity contribution in [1.82, 2.24) is 16.0 Å². The molecule has 2 atom stereocenters. The summed E-state index contributed by atoms with van der Waals surface area (Å²) in [6.07, 6.45) is 1.85. The van der Waals surface area contributed by atoms with E-state index in [4.69, 9.17) is 0 Å². The number of carbonyl (C=O) groups excluding carboxylic acids is 3. The van der Waals surface area contributed by atoms with Gasteiger partial charge in [0.2, 0.25) is 0 Å². The van der Waals surface area contributed by atoms with Gasteiger partial charge in [-0.1, -0.05) is 6.92 Å². The fourth-order valence-corrected chi connectivity index (χ4v) is 11.2. The van der Waals surface area contributed by atoms with Crippen LogP contribution in [-0.4, -0.2) is 51.1 Å². The van der Waals surface area contributed by atoms with Gasteiger partial charge in [0.05, 0.1) is 0 Å². The molecule has 248 valence electrons. The van der Waals surface area contributed by atoms with E-state index in [1.54, 1.807) is 0 Å². The van der Waals surface area contributed by atoms with Crippen LogP contribution in [0.15, 0.2) is 0 Å². The molecule has 3 heterocycles. The van der Waals surface area contributed by atoms with Crippen LogP contribution < -0.4 is 31.3 Å². The van der Waals surface area contributed by atoms with Crippen LogP contribution >= 0.6 is 0 Å². The number of carboxylic acids is 3. The smallest absolute Gasteiger partial charge is 0.0495 e. The maximum absolute atomic E-state index is 14.4. The summed E-state index contributed by atoms with van der Waals surface area (Å²) in [6.45, 7) is 25.1. The Morgan fingerprint density at radius 1 is 0.535 bits per heavy atom. The van der Waals surface area contributed by atoms with Gasteiger partial charge in [-0.15, -0.1) is 0 Å². The van der Waals surface area contributed by atoms with Crippen LogP contribution in [0.1, 0.15) is 129 Å². The fourth-order valence-electron chi connectivity index (χ4n) is 11.2. The van der Waals surface area contributed by atoms with Gasteiger partial charge in [0.25, 0.3) is 0 Å².